The highest BCUT2D eigenvalue weighted by Gasteiger charge is 2.31. The van der Waals surface area contributed by atoms with E-state index in [0.29, 0.717) is 31.0 Å². The zero-order valence-corrected chi connectivity index (χ0v) is 18.7. The largest absolute Gasteiger partial charge is 0.351 e. The van der Waals surface area contributed by atoms with Crippen LogP contribution in [0, 0.1) is 0 Å². The number of aryl methyl sites for hydroxylation is 1. The molecular formula is C27H27ClN2O2. The van der Waals surface area contributed by atoms with Crippen molar-refractivity contribution in [2.45, 2.75) is 25.4 Å². The highest BCUT2D eigenvalue weighted by Crippen LogP contribution is 2.25. The summed E-state index contributed by atoms with van der Waals surface area (Å²) in [6.07, 6.45) is 2.53. The molecule has 1 atom stereocenters. The van der Waals surface area contributed by atoms with Gasteiger partial charge in [-0.1, -0.05) is 90.5 Å². The average molecular weight is 447 g/mol. The zero-order chi connectivity index (χ0) is 22.8. The summed E-state index contributed by atoms with van der Waals surface area (Å²) in [5.74, 6) is -0.329. The Morgan fingerprint density at radius 1 is 0.906 bits per heavy atom. The third kappa shape index (κ3) is 6.56. The van der Waals surface area contributed by atoms with Gasteiger partial charge in [-0.2, -0.15) is 0 Å². The number of benzene rings is 3. The maximum atomic E-state index is 13.5. The molecule has 3 aromatic carbocycles. The minimum atomic E-state index is -0.755. The molecule has 2 amide bonds. The van der Waals surface area contributed by atoms with Gasteiger partial charge in [0.15, 0.2) is 0 Å². The Hall–Kier alpha value is -3.37. The van der Waals surface area contributed by atoms with Gasteiger partial charge in [0.05, 0.1) is 0 Å². The number of amides is 2. The predicted octanol–water partition coefficient (Wildman–Crippen LogP) is 5.34. The van der Waals surface area contributed by atoms with Crippen molar-refractivity contribution in [3.63, 3.8) is 0 Å². The van der Waals surface area contributed by atoms with Gasteiger partial charge in [-0.05, 0) is 35.2 Å². The topological polar surface area (TPSA) is 49.4 Å². The number of hydrogen-bond acceptors (Lipinski definition) is 2. The smallest absolute Gasteiger partial charge is 0.247 e. The first kappa shape index (κ1) is 23.3. The predicted molar refractivity (Wildman–Crippen MR) is 129 cm³/mol. The first-order valence-corrected chi connectivity index (χ1v) is 11.0. The number of rotatable bonds is 10. The van der Waals surface area contributed by atoms with Crippen molar-refractivity contribution >= 4 is 23.4 Å². The fourth-order valence-electron chi connectivity index (χ4n) is 3.53. The second-order valence-corrected chi connectivity index (χ2v) is 7.92. The number of hydrogen-bond donors (Lipinski definition) is 1. The van der Waals surface area contributed by atoms with E-state index in [1.165, 1.54) is 0 Å². The Balaban J connectivity index is 1.92. The van der Waals surface area contributed by atoms with Gasteiger partial charge in [-0.3, -0.25) is 9.59 Å². The maximum absolute atomic E-state index is 13.5. The van der Waals surface area contributed by atoms with E-state index in [1.807, 2.05) is 72.8 Å². The molecule has 0 radical (unpaired) electrons. The van der Waals surface area contributed by atoms with Gasteiger partial charge in [0, 0.05) is 24.5 Å². The molecule has 3 rings (SSSR count). The molecule has 1 N–H and O–H groups in total. The van der Waals surface area contributed by atoms with Crippen molar-refractivity contribution in [1.29, 1.82) is 0 Å². The van der Waals surface area contributed by atoms with Crippen LogP contribution in [0.2, 0.25) is 5.02 Å². The van der Waals surface area contributed by atoms with Crippen LogP contribution in [0.3, 0.4) is 0 Å². The van der Waals surface area contributed by atoms with E-state index in [9.17, 15) is 9.59 Å². The van der Waals surface area contributed by atoms with Gasteiger partial charge in [0.1, 0.15) is 6.04 Å². The lowest BCUT2D eigenvalue weighted by molar-refractivity contribution is -0.141. The lowest BCUT2D eigenvalue weighted by Crippen LogP contribution is -2.43. The van der Waals surface area contributed by atoms with Gasteiger partial charge in [-0.15, -0.1) is 6.58 Å². The van der Waals surface area contributed by atoms with Crippen molar-refractivity contribution in [2.24, 2.45) is 0 Å². The molecule has 0 unspecified atom stereocenters. The van der Waals surface area contributed by atoms with Crippen LogP contribution in [0.15, 0.2) is 97.6 Å². The van der Waals surface area contributed by atoms with Gasteiger partial charge >= 0.3 is 0 Å². The van der Waals surface area contributed by atoms with Crippen LogP contribution in [-0.4, -0.2) is 23.3 Å². The van der Waals surface area contributed by atoms with E-state index in [1.54, 1.807) is 23.1 Å². The minimum absolute atomic E-state index is 0.0913. The summed E-state index contributed by atoms with van der Waals surface area (Å²) in [6, 6.07) is 25.8. The molecule has 5 heteroatoms. The normalized spacial score (nSPS) is 11.4. The molecule has 4 nitrogen and oxygen atoms in total. The average Bonchev–Trinajstić information content (AvgIpc) is 2.83. The zero-order valence-electron chi connectivity index (χ0n) is 17.9. The molecule has 0 bridgehead atoms. The Morgan fingerprint density at radius 2 is 1.53 bits per heavy atom. The Labute approximate surface area is 194 Å². The number of nitrogens with one attached hydrogen (secondary N) is 1. The summed E-state index contributed by atoms with van der Waals surface area (Å²) >= 11 is 6.04. The number of halogens is 1. The van der Waals surface area contributed by atoms with Crippen molar-refractivity contribution in [1.82, 2.24) is 10.2 Å². The quantitative estimate of drug-likeness (QED) is 0.427. The van der Waals surface area contributed by atoms with Crippen LogP contribution in [0.1, 0.15) is 29.2 Å². The lowest BCUT2D eigenvalue weighted by atomic mass is 10.0. The molecule has 0 aliphatic carbocycles. The van der Waals surface area contributed by atoms with Crippen molar-refractivity contribution in [3.05, 3.63) is 119 Å². The van der Waals surface area contributed by atoms with E-state index in [4.69, 9.17) is 11.6 Å². The lowest BCUT2D eigenvalue weighted by Gasteiger charge is -2.31. The van der Waals surface area contributed by atoms with E-state index >= 15 is 0 Å². The summed E-state index contributed by atoms with van der Waals surface area (Å²) < 4.78 is 0. The summed E-state index contributed by atoms with van der Waals surface area (Å²) in [7, 11) is 0. The second-order valence-electron chi connectivity index (χ2n) is 7.48. The third-order valence-electron chi connectivity index (χ3n) is 5.15. The molecule has 0 spiro atoms. The molecule has 0 aliphatic heterocycles. The highest BCUT2D eigenvalue weighted by molar-refractivity contribution is 6.30. The van der Waals surface area contributed by atoms with Crippen LogP contribution >= 0.6 is 11.6 Å². The molecule has 0 aliphatic rings. The second kappa shape index (κ2) is 11.9. The van der Waals surface area contributed by atoms with E-state index < -0.39 is 6.04 Å². The van der Waals surface area contributed by atoms with Crippen molar-refractivity contribution < 1.29 is 9.59 Å². The molecule has 164 valence electrons. The molecule has 0 fully saturated rings. The molecule has 0 aromatic heterocycles. The first-order valence-electron chi connectivity index (χ1n) is 10.6. The van der Waals surface area contributed by atoms with Gasteiger partial charge < -0.3 is 10.2 Å². The number of nitrogens with zero attached hydrogens (tertiary/aromatic N) is 1. The van der Waals surface area contributed by atoms with Crippen molar-refractivity contribution in [2.75, 3.05) is 6.54 Å². The van der Waals surface area contributed by atoms with Crippen LogP contribution < -0.4 is 5.32 Å². The maximum Gasteiger partial charge on any atom is 0.247 e. The standard InChI is InChI=1S/C27H27ClN2O2/c1-2-19-29-27(32)26(23-11-7-4-8-12-23)30(20-22-13-16-24(28)17-14-22)25(31)18-15-21-9-5-3-6-10-21/h2-14,16-17,26H,1,15,18-20H2,(H,29,32)/t26-/m0/s1. The summed E-state index contributed by atoms with van der Waals surface area (Å²) in [4.78, 5) is 28.3. The first-order chi connectivity index (χ1) is 15.6. The Morgan fingerprint density at radius 3 is 2.16 bits per heavy atom. The van der Waals surface area contributed by atoms with Gasteiger partial charge in [0.25, 0.3) is 0 Å². The minimum Gasteiger partial charge on any atom is -0.351 e. The highest BCUT2D eigenvalue weighted by atomic mass is 35.5. The number of carbonyl (C=O) groups excluding carboxylic acids is 2. The van der Waals surface area contributed by atoms with Crippen LogP contribution in [0.5, 0.6) is 0 Å². The molecular weight excluding hydrogens is 420 g/mol. The number of carbonyl (C=O) groups is 2. The molecule has 0 heterocycles. The summed E-state index contributed by atoms with van der Waals surface area (Å²) in [6.45, 7) is 4.30. The SMILES string of the molecule is C=CCNC(=O)[C@H](c1ccccc1)N(Cc1ccc(Cl)cc1)C(=O)CCc1ccccc1. The Bertz CT molecular complexity index is 1020. The summed E-state index contributed by atoms with van der Waals surface area (Å²) in [5, 5.41) is 3.49. The fraction of sp³-hybridized carbons (Fsp3) is 0.185. The monoisotopic (exact) mass is 446 g/mol. The van der Waals surface area contributed by atoms with Crippen LogP contribution in [0.25, 0.3) is 0 Å². The van der Waals surface area contributed by atoms with E-state index in [0.717, 1.165) is 16.7 Å². The van der Waals surface area contributed by atoms with Gasteiger partial charge in [-0.25, -0.2) is 0 Å². The van der Waals surface area contributed by atoms with E-state index in [-0.39, 0.29) is 11.8 Å². The van der Waals surface area contributed by atoms with Gasteiger partial charge in [0.2, 0.25) is 11.8 Å². The van der Waals surface area contributed by atoms with Crippen molar-refractivity contribution in [3.8, 4) is 0 Å². The Kier molecular flexibility index (Phi) is 8.64. The van der Waals surface area contributed by atoms with Crippen LogP contribution in [-0.2, 0) is 22.6 Å². The third-order valence-corrected chi connectivity index (χ3v) is 5.40. The molecule has 0 saturated carbocycles. The molecule has 3 aromatic rings. The fourth-order valence-corrected chi connectivity index (χ4v) is 3.65. The summed E-state index contributed by atoms with van der Waals surface area (Å²) in [5.41, 5.74) is 2.75. The van der Waals surface area contributed by atoms with E-state index in [2.05, 4.69) is 11.9 Å². The molecule has 32 heavy (non-hydrogen) atoms. The van der Waals surface area contributed by atoms with Crippen LogP contribution in [0.4, 0.5) is 0 Å². The molecule has 0 saturated heterocycles.